The van der Waals surface area contributed by atoms with Crippen LogP contribution in [0.1, 0.15) is 5.56 Å². The van der Waals surface area contributed by atoms with Gasteiger partial charge in [-0.3, -0.25) is 10.1 Å². The van der Waals surface area contributed by atoms with Crippen LogP contribution in [0.15, 0.2) is 59.8 Å². The van der Waals surface area contributed by atoms with Crippen LogP contribution in [0.4, 0.5) is 29.2 Å². The van der Waals surface area contributed by atoms with E-state index in [0.29, 0.717) is 37.9 Å². The number of rotatable bonds is 7. The van der Waals surface area contributed by atoms with Crippen LogP contribution in [0.25, 0.3) is 10.9 Å². The fraction of sp³-hybridized carbons (Fsp3) is 0.182. The van der Waals surface area contributed by atoms with Crippen LogP contribution in [0.5, 0.6) is 0 Å². The summed E-state index contributed by atoms with van der Waals surface area (Å²) in [6.07, 6.45) is 3.56. The first-order valence-electron chi connectivity index (χ1n) is 10.6. The minimum absolute atomic E-state index is 0.0332. The van der Waals surface area contributed by atoms with Crippen molar-refractivity contribution in [2.75, 3.05) is 41.9 Å². The Labute approximate surface area is 193 Å². The summed E-state index contributed by atoms with van der Waals surface area (Å²) < 4.78 is 5.42. The Balaban J connectivity index is 1.41. The quantitative estimate of drug-likeness (QED) is 0.215. The number of anilines is 4. The number of benzene rings is 2. The number of hydrazone groups is 1. The molecule has 1 aliphatic rings. The van der Waals surface area contributed by atoms with E-state index in [9.17, 15) is 10.1 Å². The third-order valence-electron chi connectivity index (χ3n) is 5.22. The van der Waals surface area contributed by atoms with Crippen LogP contribution in [0, 0.1) is 10.1 Å². The van der Waals surface area contributed by atoms with Gasteiger partial charge in [-0.25, -0.2) is 5.43 Å². The summed E-state index contributed by atoms with van der Waals surface area (Å²) in [4.78, 5) is 29.2. The number of H-pyrrole nitrogens is 1. The van der Waals surface area contributed by atoms with Crippen LogP contribution in [0.3, 0.4) is 0 Å². The molecular formula is C22H21N9O3. The molecule has 3 N–H and O–H groups in total. The van der Waals surface area contributed by atoms with Gasteiger partial charge >= 0.3 is 0 Å². The number of morpholine rings is 1. The van der Waals surface area contributed by atoms with Crippen LogP contribution in [-0.2, 0) is 4.74 Å². The Kier molecular flexibility index (Phi) is 5.95. The average molecular weight is 459 g/mol. The number of ether oxygens (including phenoxy) is 1. The van der Waals surface area contributed by atoms with Crippen LogP contribution in [-0.4, -0.2) is 57.4 Å². The van der Waals surface area contributed by atoms with Crippen LogP contribution >= 0.6 is 0 Å². The van der Waals surface area contributed by atoms with Gasteiger partial charge in [-0.2, -0.15) is 20.1 Å². The molecule has 0 bridgehead atoms. The van der Waals surface area contributed by atoms with Crippen molar-refractivity contribution in [2.24, 2.45) is 5.10 Å². The molecule has 172 valence electrons. The van der Waals surface area contributed by atoms with Crippen molar-refractivity contribution in [1.82, 2.24) is 19.9 Å². The molecule has 2 aromatic heterocycles. The van der Waals surface area contributed by atoms with Gasteiger partial charge in [0, 0.05) is 53.6 Å². The molecule has 5 rings (SSSR count). The highest BCUT2D eigenvalue weighted by molar-refractivity contribution is 5.99. The lowest BCUT2D eigenvalue weighted by Crippen LogP contribution is -2.37. The molecule has 2 aromatic carbocycles. The van der Waals surface area contributed by atoms with Gasteiger partial charge in [0.1, 0.15) is 0 Å². The van der Waals surface area contributed by atoms with Crippen molar-refractivity contribution in [1.29, 1.82) is 0 Å². The Morgan fingerprint density at radius 3 is 2.76 bits per heavy atom. The summed E-state index contributed by atoms with van der Waals surface area (Å²) in [7, 11) is 0. The number of nitro groups is 1. The minimum Gasteiger partial charge on any atom is -0.378 e. The first kappa shape index (κ1) is 21.3. The van der Waals surface area contributed by atoms with Crippen molar-refractivity contribution < 1.29 is 9.66 Å². The summed E-state index contributed by atoms with van der Waals surface area (Å²) in [5.74, 6) is 0.929. The first-order chi connectivity index (χ1) is 16.7. The maximum Gasteiger partial charge on any atom is 0.271 e. The van der Waals surface area contributed by atoms with Crippen molar-refractivity contribution in [3.63, 3.8) is 0 Å². The fourth-order valence-electron chi connectivity index (χ4n) is 3.56. The molecule has 0 radical (unpaired) electrons. The average Bonchev–Trinajstić information content (AvgIpc) is 3.28. The number of aromatic amines is 1. The van der Waals surface area contributed by atoms with Crippen molar-refractivity contribution >= 4 is 46.3 Å². The number of nitro benzene ring substituents is 1. The van der Waals surface area contributed by atoms with Gasteiger partial charge in [0.25, 0.3) is 5.69 Å². The fourth-order valence-corrected chi connectivity index (χ4v) is 3.56. The monoisotopic (exact) mass is 459 g/mol. The maximum atomic E-state index is 11.1. The molecule has 12 heteroatoms. The number of para-hydroxylation sites is 1. The molecule has 0 atom stereocenters. The molecule has 3 heterocycles. The standard InChI is InChI=1S/C22H21N9O3/c32-31(33)17-5-3-4-16(12-17)25-20-26-21(28-22(27-20)30-8-10-34-11-9-30)29-24-14-15-13-23-19-7-2-1-6-18(15)19/h1-7,12-14,23H,8-11H2,(H2,25,26,27,28,29)/b24-14-. The summed E-state index contributed by atoms with van der Waals surface area (Å²) in [5, 5.41) is 19.5. The lowest BCUT2D eigenvalue weighted by Gasteiger charge is -2.27. The van der Waals surface area contributed by atoms with Crippen LogP contribution in [0.2, 0.25) is 0 Å². The van der Waals surface area contributed by atoms with E-state index < -0.39 is 4.92 Å². The molecule has 0 amide bonds. The SMILES string of the molecule is O=[N+]([O-])c1cccc(Nc2nc(N/N=C\c3c[nH]c4ccccc34)nc(N3CCOCC3)n2)c1. The third kappa shape index (κ3) is 4.76. The zero-order chi connectivity index (χ0) is 23.3. The van der Waals surface area contributed by atoms with E-state index >= 15 is 0 Å². The topological polar surface area (TPSA) is 146 Å². The minimum atomic E-state index is -0.454. The second-order valence-corrected chi connectivity index (χ2v) is 7.47. The molecule has 0 saturated carbocycles. The molecule has 0 unspecified atom stereocenters. The number of hydrogen-bond donors (Lipinski definition) is 3. The Morgan fingerprint density at radius 2 is 1.91 bits per heavy atom. The van der Waals surface area contributed by atoms with E-state index in [1.54, 1.807) is 18.3 Å². The highest BCUT2D eigenvalue weighted by Crippen LogP contribution is 2.22. The first-order valence-corrected chi connectivity index (χ1v) is 10.6. The number of nitrogens with zero attached hydrogens (tertiary/aromatic N) is 6. The van der Waals surface area contributed by atoms with Gasteiger partial charge in [0.2, 0.25) is 17.8 Å². The largest absolute Gasteiger partial charge is 0.378 e. The highest BCUT2D eigenvalue weighted by Gasteiger charge is 2.17. The second-order valence-electron chi connectivity index (χ2n) is 7.47. The normalized spacial score (nSPS) is 13.9. The number of aromatic nitrogens is 4. The Hall–Kier alpha value is -4.58. The number of hydrogen-bond acceptors (Lipinski definition) is 10. The zero-order valence-corrected chi connectivity index (χ0v) is 18.0. The van der Waals surface area contributed by atoms with Gasteiger partial charge in [-0.1, -0.05) is 24.3 Å². The van der Waals surface area contributed by atoms with E-state index in [1.807, 2.05) is 35.4 Å². The van der Waals surface area contributed by atoms with Gasteiger partial charge in [0.15, 0.2) is 0 Å². The van der Waals surface area contributed by atoms with Crippen molar-refractivity contribution in [2.45, 2.75) is 0 Å². The Bertz CT molecular complexity index is 1350. The van der Waals surface area contributed by atoms with Gasteiger partial charge in [-0.05, 0) is 12.1 Å². The molecule has 0 spiro atoms. The third-order valence-corrected chi connectivity index (χ3v) is 5.22. The summed E-state index contributed by atoms with van der Waals surface area (Å²) >= 11 is 0. The number of non-ortho nitro benzene ring substituents is 1. The van der Waals surface area contributed by atoms with Gasteiger partial charge in [0.05, 0.1) is 24.4 Å². The lowest BCUT2D eigenvalue weighted by atomic mass is 10.2. The summed E-state index contributed by atoms with van der Waals surface area (Å²) in [6, 6.07) is 14.1. The molecular weight excluding hydrogens is 438 g/mol. The van der Waals surface area contributed by atoms with E-state index in [1.165, 1.54) is 12.1 Å². The number of fused-ring (bicyclic) bond motifs is 1. The van der Waals surface area contributed by atoms with Gasteiger partial charge in [-0.15, -0.1) is 0 Å². The molecule has 1 aliphatic heterocycles. The Morgan fingerprint density at radius 1 is 1.09 bits per heavy atom. The molecule has 1 fully saturated rings. The van der Waals surface area contributed by atoms with Crippen LogP contribution < -0.4 is 15.6 Å². The zero-order valence-electron chi connectivity index (χ0n) is 18.0. The van der Waals surface area contributed by atoms with Gasteiger partial charge < -0.3 is 19.9 Å². The van der Waals surface area contributed by atoms with E-state index in [2.05, 4.69) is 35.8 Å². The lowest BCUT2D eigenvalue weighted by molar-refractivity contribution is -0.384. The molecule has 34 heavy (non-hydrogen) atoms. The number of nitrogens with one attached hydrogen (secondary N) is 3. The smallest absolute Gasteiger partial charge is 0.271 e. The second kappa shape index (κ2) is 9.50. The van der Waals surface area contributed by atoms with E-state index in [0.717, 1.165) is 16.5 Å². The molecule has 4 aromatic rings. The van der Waals surface area contributed by atoms with Crippen molar-refractivity contribution in [3.8, 4) is 0 Å². The van der Waals surface area contributed by atoms with E-state index in [4.69, 9.17) is 4.74 Å². The van der Waals surface area contributed by atoms with Crippen molar-refractivity contribution in [3.05, 3.63) is 70.4 Å². The predicted octanol–water partition coefficient (Wildman–Crippen LogP) is 3.29. The molecule has 0 aliphatic carbocycles. The van der Waals surface area contributed by atoms with E-state index in [-0.39, 0.29) is 17.6 Å². The molecule has 1 saturated heterocycles. The molecule has 12 nitrogen and oxygen atoms in total. The highest BCUT2D eigenvalue weighted by atomic mass is 16.6. The summed E-state index contributed by atoms with van der Waals surface area (Å²) in [5.41, 5.74) is 5.26. The predicted molar refractivity (Wildman–Crippen MR) is 129 cm³/mol. The summed E-state index contributed by atoms with van der Waals surface area (Å²) in [6.45, 7) is 2.41. The maximum absolute atomic E-state index is 11.1.